The lowest BCUT2D eigenvalue weighted by molar-refractivity contribution is 0.644. The van der Waals surface area contributed by atoms with Crippen molar-refractivity contribution < 1.29 is 0 Å². The second kappa shape index (κ2) is 9.16. The van der Waals surface area contributed by atoms with E-state index in [1.54, 1.807) is 24.6 Å². The molecule has 4 heterocycles. The van der Waals surface area contributed by atoms with E-state index in [1.165, 1.54) is 4.57 Å². The number of hydrogen-bond donors (Lipinski definition) is 1. The Morgan fingerprint density at radius 3 is 2.72 bits per heavy atom. The van der Waals surface area contributed by atoms with Crippen LogP contribution in [0.5, 0.6) is 0 Å². The third-order valence-corrected chi connectivity index (χ3v) is 6.43. The van der Waals surface area contributed by atoms with Crippen molar-refractivity contribution in [2.75, 3.05) is 18.0 Å². The van der Waals surface area contributed by atoms with E-state index >= 15 is 0 Å². The third-order valence-electron chi connectivity index (χ3n) is 6.43. The van der Waals surface area contributed by atoms with Crippen LogP contribution in [0.2, 0.25) is 0 Å². The second-order valence-electron chi connectivity index (χ2n) is 8.75. The average molecular weight is 481 g/mol. The maximum absolute atomic E-state index is 13.8. The summed E-state index contributed by atoms with van der Waals surface area (Å²) < 4.78 is 4.17. The minimum absolute atomic E-state index is 0.149. The van der Waals surface area contributed by atoms with Crippen LogP contribution in [-0.4, -0.2) is 42.5 Å². The zero-order valence-electron chi connectivity index (χ0n) is 20.1. The van der Waals surface area contributed by atoms with Gasteiger partial charge < -0.3 is 10.3 Å². The van der Waals surface area contributed by atoms with Crippen molar-refractivity contribution >= 4 is 33.7 Å². The molecule has 180 valence electrons. The van der Waals surface area contributed by atoms with Gasteiger partial charge in [0, 0.05) is 24.7 Å². The van der Waals surface area contributed by atoms with Crippen LogP contribution in [0, 0.1) is 28.6 Å². The first kappa shape index (κ1) is 23.1. The summed E-state index contributed by atoms with van der Waals surface area (Å²) in [6.07, 6.45) is 1.55. The number of fused-ring (bicyclic) bond motifs is 2. The molecule has 1 aromatic carbocycles. The molecular weight excluding hydrogens is 456 g/mol. The molecule has 0 atom stereocenters. The van der Waals surface area contributed by atoms with Crippen molar-refractivity contribution in [2.45, 2.75) is 32.9 Å². The minimum Gasteiger partial charge on any atom is -0.337 e. The van der Waals surface area contributed by atoms with Gasteiger partial charge in [0.05, 0.1) is 36.4 Å². The van der Waals surface area contributed by atoms with Crippen LogP contribution >= 0.6 is 0 Å². The summed E-state index contributed by atoms with van der Waals surface area (Å²) in [6, 6.07) is 11.2. The molecule has 0 spiro atoms. The number of piperidine rings is 1. The molecule has 36 heavy (non-hydrogen) atoms. The van der Waals surface area contributed by atoms with E-state index in [4.69, 9.17) is 5.41 Å². The van der Waals surface area contributed by atoms with Crippen LogP contribution in [0.15, 0.2) is 39.9 Å². The Bertz CT molecular complexity index is 1760. The monoisotopic (exact) mass is 480 g/mol. The van der Waals surface area contributed by atoms with Crippen LogP contribution in [0.1, 0.15) is 31.0 Å². The van der Waals surface area contributed by atoms with Crippen molar-refractivity contribution in [2.24, 2.45) is 7.05 Å². The summed E-state index contributed by atoms with van der Waals surface area (Å²) in [5.74, 6) is 6.38. The molecule has 0 aliphatic carbocycles. The minimum atomic E-state index is -0.546. The molecule has 0 unspecified atom stereocenters. The van der Waals surface area contributed by atoms with Gasteiger partial charge in [0.1, 0.15) is 6.07 Å². The summed E-state index contributed by atoms with van der Waals surface area (Å²) in [4.78, 5) is 38.3. The Balaban J connectivity index is 1.72. The normalized spacial score (nSPS) is 13.6. The maximum Gasteiger partial charge on any atom is 0.332 e. The summed E-state index contributed by atoms with van der Waals surface area (Å²) in [5.41, 5.74) is 1.38. The van der Waals surface area contributed by atoms with E-state index in [-0.39, 0.29) is 24.3 Å². The highest BCUT2D eigenvalue weighted by atomic mass is 16.2. The van der Waals surface area contributed by atoms with Gasteiger partial charge in [-0.3, -0.25) is 18.5 Å². The Hall–Kier alpha value is -4.70. The van der Waals surface area contributed by atoms with Gasteiger partial charge in [0.2, 0.25) is 5.95 Å². The average Bonchev–Trinajstić information content (AvgIpc) is 3.28. The van der Waals surface area contributed by atoms with Crippen molar-refractivity contribution in [3.05, 3.63) is 62.4 Å². The number of nitriles is 1. The first-order chi connectivity index (χ1) is 17.4. The standard InChI is InChI=1S/C26H24N8O2/c1-3-4-12-33-22-23(30-25(33)32-11-7-9-19(28)15-32)31(2)26(36)34(24(22)35)16-21-18(14-27)13-17-8-5-6-10-20(17)29-21/h5-6,8,10,13,28H,7,9,11-12,15-16H2,1-2H3. The zero-order chi connectivity index (χ0) is 25.4. The van der Waals surface area contributed by atoms with Gasteiger partial charge in [0.25, 0.3) is 5.56 Å². The third kappa shape index (κ3) is 3.83. The van der Waals surface area contributed by atoms with Gasteiger partial charge in [0.15, 0.2) is 11.2 Å². The fourth-order valence-corrected chi connectivity index (χ4v) is 4.61. The molecule has 3 aromatic heterocycles. The van der Waals surface area contributed by atoms with Crippen molar-refractivity contribution in [1.82, 2.24) is 23.7 Å². The van der Waals surface area contributed by atoms with Crippen LogP contribution in [0.4, 0.5) is 5.95 Å². The van der Waals surface area contributed by atoms with Crippen LogP contribution < -0.4 is 16.1 Å². The Kier molecular flexibility index (Phi) is 5.87. The van der Waals surface area contributed by atoms with Gasteiger partial charge in [-0.15, -0.1) is 5.92 Å². The molecule has 1 fully saturated rings. The van der Waals surface area contributed by atoms with E-state index in [2.05, 4.69) is 27.9 Å². The second-order valence-corrected chi connectivity index (χ2v) is 8.75. The molecule has 10 nitrogen and oxygen atoms in total. The number of pyridine rings is 1. The molecule has 0 amide bonds. The number of benzene rings is 1. The molecule has 0 saturated carbocycles. The predicted molar refractivity (Wildman–Crippen MR) is 137 cm³/mol. The van der Waals surface area contributed by atoms with Crippen molar-refractivity contribution in [3.8, 4) is 17.9 Å². The van der Waals surface area contributed by atoms with E-state index in [0.29, 0.717) is 41.5 Å². The Morgan fingerprint density at radius 1 is 1.17 bits per heavy atom. The van der Waals surface area contributed by atoms with E-state index < -0.39 is 11.2 Å². The van der Waals surface area contributed by atoms with Gasteiger partial charge in [-0.05, 0) is 31.9 Å². The molecular formula is C26H24N8O2. The highest BCUT2D eigenvalue weighted by Gasteiger charge is 2.25. The molecule has 0 bridgehead atoms. The van der Waals surface area contributed by atoms with E-state index in [0.717, 1.165) is 22.8 Å². The molecule has 10 heteroatoms. The predicted octanol–water partition coefficient (Wildman–Crippen LogP) is 2.01. The fourth-order valence-electron chi connectivity index (χ4n) is 4.61. The number of aromatic nitrogens is 5. The summed E-state index contributed by atoms with van der Waals surface area (Å²) in [7, 11) is 1.57. The highest BCUT2D eigenvalue weighted by Crippen LogP contribution is 2.23. The largest absolute Gasteiger partial charge is 0.337 e. The van der Waals surface area contributed by atoms with Gasteiger partial charge in [-0.25, -0.2) is 9.78 Å². The first-order valence-corrected chi connectivity index (χ1v) is 11.6. The number of anilines is 1. The van der Waals surface area contributed by atoms with E-state index in [9.17, 15) is 14.9 Å². The quantitative estimate of drug-likeness (QED) is 0.446. The summed E-state index contributed by atoms with van der Waals surface area (Å²) in [6.45, 7) is 2.90. The van der Waals surface area contributed by atoms with Crippen molar-refractivity contribution in [3.63, 3.8) is 0 Å². The molecule has 4 aromatic rings. The number of aryl methyl sites for hydroxylation is 1. The topological polar surface area (TPSA) is 126 Å². The van der Waals surface area contributed by atoms with Crippen LogP contribution in [-0.2, 0) is 20.1 Å². The Morgan fingerprint density at radius 2 is 1.97 bits per heavy atom. The number of hydrogen-bond acceptors (Lipinski definition) is 7. The van der Waals surface area contributed by atoms with Crippen molar-refractivity contribution in [1.29, 1.82) is 10.7 Å². The number of rotatable bonds is 4. The molecule has 0 radical (unpaired) electrons. The maximum atomic E-state index is 13.8. The lowest BCUT2D eigenvalue weighted by atomic mass is 10.1. The summed E-state index contributed by atoms with van der Waals surface area (Å²) in [5, 5.41) is 18.6. The molecule has 1 N–H and O–H groups in total. The van der Waals surface area contributed by atoms with Gasteiger partial charge >= 0.3 is 5.69 Å². The Labute approximate surface area is 206 Å². The smallest absolute Gasteiger partial charge is 0.332 e. The molecule has 1 saturated heterocycles. The van der Waals surface area contributed by atoms with Gasteiger partial charge in [-0.1, -0.05) is 24.1 Å². The number of imidazole rings is 1. The fraction of sp³-hybridized carbons (Fsp3) is 0.308. The molecule has 5 rings (SSSR count). The highest BCUT2D eigenvalue weighted by molar-refractivity contribution is 5.87. The number of nitrogens with zero attached hydrogens (tertiary/aromatic N) is 7. The lowest BCUT2D eigenvalue weighted by Gasteiger charge is -2.28. The van der Waals surface area contributed by atoms with E-state index in [1.807, 2.05) is 29.2 Å². The number of para-hydroxylation sites is 1. The first-order valence-electron chi connectivity index (χ1n) is 11.6. The summed E-state index contributed by atoms with van der Waals surface area (Å²) >= 11 is 0. The number of nitrogens with one attached hydrogen (secondary N) is 1. The lowest BCUT2D eigenvalue weighted by Crippen LogP contribution is -2.40. The van der Waals surface area contributed by atoms with Gasteiger partial charge in [-0.2, -0.15) is 10.2 Å². The molecule has 1 aliphatic rings. The SMILES string of the molecule is CC#CCn1c(N2CCCC(=N)C2)nc2c1c(=O)n(Cc1nc3ccccc3cc1C#N)c(=O)n2C. The van der Waals surface area contributed by atoms with Crippen LogP contribution in [0.25, 0.3) is 22.1 Å². The zero-order valence-corrected chi connectivity index (χ0v) is 20.1. The molecule has 1 aliphatic heterocycles. The van der Waals surface area contributed by atoms with Crippen LogP contribution in [0.3, 0.4) is 0 Å².